The first-order valence-corrected chi connectivity index (χ1v) is 10.0. The van der Waals surface area contributed by atoms with Crippen molar-refractivity contribution >= 4 is 5.91 Å². The molecule has 5 nitrogen and oxygen atoms in total. The van der Waals surface area contributed by atoms with Crippen LogP contribution in [-0.2, 0) is 17.8 Å². The molecule has 5 heteroatoms. The predicted octanol–water partition coefficient (Wildman–Crippen LogP) is 3.09. The fourth-order valence-corrected chi connectivity index (χ4v) is 3.95. The van der Waals surface area contributed by atoms with Crippen molar-refractivity contribution in [2.24, 2.45) is 0 Å². The second-order valence-electron chi connectivity index (χ2n) is 7.98. The summed E-state index contributed by atoms with van der Waals surface area (Å²) in [6.45, 7) is 5.78. The molecular weight excluding hydrogens is 336 g/mol. The van der Waals surface area contributed by atoms with Gasteiger partial charge in [-0.25, -0.2) is 4.98 Å². The van der Waals surface area contributed by atoms with Gasteiger partial charge in [0.05, 0.1) is 6.42 Å². The summed E-state index contributed by atoms with van der Waals surface area (Å²) in [5, 5.41) is 0. The van der Waals surface area contributed by atoms with Crippen molar-refractivity contribution in [2.75, 3.05) is 33.7 Å². The Balaban J connectivity index is 1.61. The molecule has 0 saturated carbocycles. The third-order valence-electron chi connectivity index (χ3n) is 5.33. The number of nitrogens with zero attached hydrogens (tertiary/aromatic N) is 4. The van der Waals surface area contributed by atoms with Gasteiger partial charge in [-0.1, -0.05) is 29.8 Å². The van der Waals surface area contributed by atoms with Crippen molar-refractivity contribution in [3.63, 3.8) is 0 Å². The first-order valence-electron chi connectivity index (χ1n) is 10.0. The molecular formula is C22H32N4O. The summed E-state index contributed by atoms with van der Waals surface area (Å²) in [5.74, 6) is 1.72. The molecule has 0 radical (unpaired) electrons. The average Bonchev–Trinajstić information content (AvgIpc) is 3.10. The van der Waals surface area contributed by atoms with Crippen molar-refractivity contribution in [1.29, 1.82) is 0 Å². The van der Waals surface area contributed by atoms with Gasteiger partial charge in [0.1, 0.15) is 5.82 Å². The molecule has 0 N–H and O–H groups in total. The van der Waals surface area contributed by atoms with Crippen molar-refractivity contribution in [1.82, 2.24) is 19.4 Å². The topological polar surface area (TPSA) is 41.4 Å². The predicted molar refractivity (Wildman–Crippen MR) is 109 cm³/mol. The van der Waals surface area contributed by atoms with Crippen molar-refractivity contribution < 1.29 is 4.79 Å². The summed E-state index contributed by atoms with van der Waals surface area (Å²) >= 11 is 0. The van der Waals surface area contributed by atoms with Gasteiger partial charge >= 0.3 is 0 Å². The molecule has 2 heterocycles. The van der Waals surface area contributed by atoms with Gasteiger partial charge in [0.2, 0.25) is 5.91 Å². The van der Waals surface area contributed by atoms with Crippen LogP contribution in [0.4, 0.5) is 0 Å². The second-order valence-corrected chi connectivity index (χ2v) is 7.98. The smallest absolute Gasteiger partial charge is 0.227 e. The Kier molecular flexibility index (Phi) is 6.67. The zero-order valence-corrected chi connectivity index (χ0v) is 16.9. The highest BCUT2D eigenvalue weighted by Crippen LogP contribution is 2.26. The van der Waals surface area contributed by atoms with Gasteiger partial charge in [0, 0.05) is 37.9 Å². The van der Waals surface area contributed by atoms with Crippen LogP contribution in [0.25, 0.3) is 0 Å². The first-order chi connectivity index (χ1) is 13.0. The SMILES string of the molecule is Cc1cccc(CC(=O)N2CCC[C@@H](c3nccn3CCCN(C)C)C2)c1. The zero-order chi connectivity index (χ0) is 19.2. The molecule has 146 valence electrons. The maximum Gasteiger partial charge on any atom is 0.227 e. The largest absolute Gasteiger partial charge is 0.342 e. The quantitative estimate of drug-likeness (QED) is 0.754. The number of carbonyl (C=O) groups excluding carboxylic acids is 1. The Morgan fingerprint density at radius 1 is 1.33 bits per heavy atom. The molecule has 1 fully saturated rings. The molecule has 27 heavy (non-hydrogen) atoms. The van der Waals surface area contributed by atoms with Crippen LogP contribution in [0, 0.1) is 6.92 Å². The monoisotopic (exact) mass is 368 g/mol. The Morgan fingerprint density at radius 2 is 2.19 bits per heavy atom. The van der Waals surface area contributed by atoms with E-state index in [4.69, 9.17) is 0 Å². The maximum atomic E-state index is 12.8. The number of imidazole rings is 1. The molecule has 1 aromatic heterocycles. The Labute approximate surface area is 163 Å². The van der Waals surface area contributed by atoms with Crippen LogP contribution in [0.15, 0.2) is 36.7 Å². The van der Waals surface area contributed by atoms with Crippen molar-refractivity contribution in [3.05, 3.63) is 53.6 Å². The fourth-order valence-electron chi connectivity index (χ4n) is 3.95. The number of piperidine rings is 1. The van der Waals surface area contributed by atoms with Crippen molar-refractivity contribution in [2.45, 2.75) is 45.1 Å². The van der Waals surface area contributed by atoms with E-state index in [1.54, 1.807) is 0 Å². The van der Waals surface area contributed by atoms with Gasteiger partial charge in [-0.2, -0.15) is 0 Å². The minimum absolute atomic E-state index is 0.232. The number of hydrogen-bond donors (Lipinski definition) is 0. The molecule has 1 amide bonds. The van der Waals surface area contributed by atoms with E-state index >= 15 is 0 Å². The van der Waals surface area contributed by atoms with Crippen molar-refractivity contribution in [3.8, 4) is 0 Å². The summed E-state index contributed by atoms with van der Waals surface area (Å²) in [7, 11) is 4.21. The van der Waals surface area contributed by atoms with Crippen LogP contribution in [0.1, 0.15) is 42.1 Å². The van der Waals surface area contributed by atoms with E-state index < -0.39 is 0 Å². The highest BCUT2D eigenvalue weighted by molar-refractivity contribution is 5.79. The van der Waals surface area contributed by atoms with E-state index in [1.165, 1.54) is 5.56 Å². The lowest BCUT2D eigenvalue weighted by Gasteiger charge is -2.33. The molecule has 0 bridgehead atoms. The molecule has 2 aromatic rings. The molecule has 1 aliphatic rings. The maximum absolute atomic E-state index is 12.8. The third kappa shape index (κ3) is 5.42. The van der Waals surface area contributed by atoms with Crippen LogP contribution >= 0.6 is 0 Å². The molecule has 1 aliphatic heterocycles. The summed E-state index contributed by atoms with van der Waals surface area (Å²) in [6, 6.07) is 8.25. The molecule has 0 aliphatic carbocycles. The highest BCUT2D eigenvalue weighted by atomic mass is 16.2. The van der Waals surface area contributed by atoms with Gasteiger partial charge < -0.3 is 14.4 Å². The lowest BCUT2D eigenvalue weighted by Crippen LogP contribution is -2.40. The van der Waals surface area contributed by atoms with Gasteiger partial charge in [0.25, 0.3) is 0 Å². The minimum Gasteiger partial charge on any atom is -0.342 e. The van der Waals surface area contributed by atoms with E-state index in [0.29, 0.717) is 12.3 Å². The van der Waals surface area contributed by atoms with Crippen LogP contribution in [0.5, 0.6) is 0 Å². The number of aromatic nitrogens is 2. The van der Waals surface area contributed by atoms with Gasteiger partial charge in [-0.3, -0.25) is 4.79 Å². The summed E-state index contributed by atoms with van der Waals surface area (Å²) in [5.41, 5.74) is 2.31. The summed E-state index contributed by atoms with van der Waals surface area (Å²) in [4.78, 5) is 21.7. The third-order valence-corrected chi connectivity index (χ3v) is 5.33. The van der Waals surface area contributed by atoms with Gasteiger partial charge in [0.15, 0.2) is 0 Å². The fraction of sp³-hybridized carbons (Fsp3) is 0.545. The van der Waals surface area contributed by atoms with E-state index in [9.17, 15) is 4.79 Å². The summed E-state index contributed by atoms with van der Waals surface area (Å²) < 4.78 is 2.28. The van der Waals surface area contributed by atoms with Crippen LogP contribution in [0.2, 0.25) is 0 Å². The Hall–Kier alpha value is -2.14. The van der Waals surface area contributed by atoms with Gasteiger partial charge in [-0.15, -0.1) is 0 Å². The molecule has 1 atom stereocenters. The summed E-state index contributed by atoms with van der Waals surface area (Å²) in [6.07, 6.45) is 7.75. The van der Waals surface area contributed by atoms with E-state index in [1.807, 2.05) is 23.2 Å². The number of likely N-dealkylation sites (tertiary alicyclic amines) is 1. The molecule has 3 rings (SSSR count). The first kappa shape index (κ1) is 19.6. The zero-order valence-electron chi connectivity index (χ0n) is 16.9. The molecule has 1 saturated heterocycles. The Morgan fingerprint density at radius 3 is 2.96 bits per heavy atom. The standard InChI is InChI=1S/C22H32N4O/c1-18-7-4-8-19(15-18)16-21(27)26-12-5-9-20(17-26)22-23-10-14-25(22)13-6-11-24(2)3/h4,7-8,10,14-15,20H,5-6,9,11-13,16-17H2,1-3H3/t20-/m1/s1. The highest BCUT2D eigenvalue weighted by Gasteiger charge is 2.27. The van der Waals surface area contributed by atoms with Gasteiger partial charge in [-0.05, 0) is 52.4 Å². The Bertz CT molecular complexity index is 752. The number of hydrogen-bond acceptors (Lipinski definition) is 3. The van der Waals surface area contributed by atoms with Crippen LogP contribution < -0.4 is 0 Å². The average molecular weight is 369 g/mol. The van der Waals surface area contributed by atoms with E-state index in [2.05, 4.69) is 53.8 Å². The number of benzene rings is 1. The minimum atomic E-state index is 0.232. The number of amides is 1. The van der Waals surface area contributed by atoms with E-state index in [-0.39, 0.29) is 5.91 Å². The lowest BCUT2D eigenvalue weighted by atomic mass is 9.96. The van der Waals surface area contributed by atoms with E-state index in [0.717, 1.165) is 56.8 Å². The second kappa shape index (κ2) is 9.18. The lowest BCUT2D eigenvalue weighted by molar-refractivity contribution is -0.131. The van der Waals surface area contributed by atoms with Crippen LogP contribution in [-0.4, -0.2) is 59.0 Å². The van der Waals surface area contributed by atoms with Crippen LogP contribution in [0.3, 0.4) is 0 Å². The molecule has 1 aromatic carbocycles. The molecule has 0 spiro atoms. The number of carbonyl (C=O) groups is 1. The number of rotatable bonds is 7. The number of aryl methyl sites for hydroxylation is 2. The molecule has 0 unspecified atom stereocenters. The normalized spacial score (nSPS) is 17.5.